The Bertz CT molecular complexity index is 1110. The number of nitro groups is 1. The average Bonchev–Trinajstić information content (AvgIpc) is 3.27. The van der Waals surface area contributed by atoms with E-state index < -0.39 is 28.3 Å². The second kappa shape index (κ2) is 9.62. The summed E-state index contributed by atoms with van der Waals surface area (Å²) in [6.07, 6.45) is 3.74. The Labute approximate surface area is 196 Å². The summed E-state index contributed by atoms with van der Waals surface area (Å²) in [7, 11) is 0. The maximum Gasteiger partial charge on any atom is 0.292 e. The molecule has 34 heavy (non-hydrogen) atoms. The van der Waals surface area contributed by atoms with Crippen LogP contribution in [-0.4, -0.2) is 52.3 Å². The Morgan fingerprint density at radius 2 is 1.97 bits per heavy atom. The highest BCUT2D eigenvalue weighted by atomic mass is 16.6. The second-order valence-electron chi connectivity index (χ2n) is 8.87. The largest absolute Gasteiger partial charge is 0.361 e. The van der Waals surface area contributed by atoms with Gasteiger partial charge in [0.15, 0.2) is 11.5 Å². The molecule has 2 heterocycles. The lowest BCUT2D eigenvalue weighted by molar-refractivity contribution is -0.384. The third-order valence-corrected chi connectivity index (χ3v) is 6.50. The molecule has 2 fully saturated rings. The lowest BCUT2D eigenvalue weighted by Gasteiger charge is -2.39. The number of nitrogens with zero attached hydrogens (tertiary/aromatic N) is 3. The van der Waals surface area contributed by atoms with Gasteiger partial charge in [0.25, 0.3) is 11.6 Å². The Kier molecular flexibility index (Phi) is 6.62. The van der Waals surface area contributed by atoms with Gasteiger partial charge in [0.2, 0.25) is 5.91 Å². The van der Waals surface area contributed by atoms with Gasteiger partial charge in [0.1, 0.15) is 17.0 Å². The van der Waals surface area contributed by atoms with E-state index in [1.807, 2.05) is 0 Å². The molecule has 0 radical (unpaired) electrons. The number of carbonyl (C=O) groups excluding carboxylic acids is 3. The maximum atomic E-state index is 13.4. The van der Waals surface area contributed by atoms with Crippen molar-refractivity contribution in [1.82, 2.24) is 15.8 Å². The standard InChI is InChI=1S/C23H27N5O6/c1-15-13-17(26-34-15)21(30)25-23(10-5-2-6-11-23)22(31)24-16-9-12-27(14-20(16)29)18-7-3-4-8-19(18)28(32)33/h3-4,7-8,13,16H,2,5-6,9-12,14H2,1H3,(H,24,31)(H,25,30). The number of piperidine rings is 1. The van der Waals surface area contributed by atoms with Crippen LogP contribution in [0, 0.1) is 17.0 Å². The first-order chi connectivity index (χ1) is 16.3. The summed E-state index contributed by atoms with van der Waals surface area (Å²) in [5.74, 6) is -0.629. The number of aromatic nitrogens is 1. The SMILES string of the molecule is Cc1cc(C(=O)NC2(C(=O)NC3CCN(c4ccccc4[N+](=O)[O-])CC3=O)CCCCC2)no1. The molecular formula is C23H27N5O6. The molecule has 2 N–H and O–H groups in total. The quantitative estimate of drug-likeness (QED) is 0.484. The molecule has 2 amide bonds. The monoisotopic (exact) mass is 469 g/mol. The minimum absolute atomic E-state index is 0.0482. The van der Waals surface area contributed by atoms with E-state index >= 15 is 0 Å². The van der Waals surface area contributed by atoms with Crippen LogP contribution in [0.2, 0.25) is 0 Å². The van der Waals surface area contributed by atoms with Crippen LogP contribution in [0.15, 0.2) is 34.9 Å². The van der Waals surface area contributed by atoms with Crippen molar-refractivity contribution in [1.29, 1.82) is 0 Å². The summed E-state index contributed by atoms with van der Waals surface area (Å²) in [5, 5.41) is 20.8. The number of hydrogen-bond donors (Lipinski definition) is 2. The predicted octanol–water partition coefficient (Wildman–Crippen LogP) is 2.29. The van der Waals surface area contributed by atoms with Gasteiger partial charge in [-0.15, -0.1) is 0 Å². The highest BCUT2D eigenvalue weighted by molar-refractivity contribution is 6.00. The number of rotatable bonds is 6. The minimum Gasteiger partial charge on any atom is -0.361 e. The summed E-state index contributed by atoms with van der Waals surface area (Å²) >= 11 is 0. The molecule has 1 aromatic carbocycles. The zero-order valence-corrected chi connectivity index (χ0v) is 18.9. The van der Waals surface area contributed by atoms with Crippen molar-refractivity contribution >= 4 is 29.0 Å². The van der Waals surface area contributed by atoms with E-state index in [4.69, 9.17) is 4.52 Å². The van der Waals surface area contributed by atoms with Crippen molar-refractivity contribution in [3.05, 3.63) is 51.9 Å². The number of nitrogens with one attached hydrogen (secondary N) is 2. The van der Waals surface area contributed by atoms with Crippen LogP contribution in [0.25, 0.3) is 0 Å². The molecule has 11 nitrogen and oxygen atoms in total. The van der Waals surface area contributed by atoms with E-state index in [0.717, 1.165) is 19.3 Å². The van der Waals surface area contributed by atoms with E-state index in [2.05, 4.69) is 15.8 Å². The van der Waals surface area contributed by atoms with E-state index in [1.165, 1.54) is 12.1 Å². The fourth-order valence-electron chi connectivity index (χ4n) is 4.68. The fraction of sp³-hybridized carbons (Fsp3) is 0.478. The minimum atomic E-state index is -1.13. The van der Waals surface area contributed by atoms with E-state index in [1.54, 1.807) is 30.0 Å². The number of benzene rings is 1. The number of anilines is 1. The van der Waals surface area contributed by atoms with Crippen molar-refractivity contribution in [2.75, 3.05) is 18.0 Å². The predicted molar refractivity (Wildman–Crippen MR) is 121 cm³/mol. The summed E-state index contributed by atoms with van der Waals surface area (Å²) in [5.41, 5.74) is -0.712. The smallest absolute Gasteiger partial charge is 0.292 e. The lowest BCUT2D eigenvalue weighted by Crippen LogP contribution is -2.63. The van der Waals surface area contributed by atoms with Gasteiger partial charge < -0.3 is 20.1 Å². The number of carbonyl (C=O) groups is 3. The van der Waals surface area contributed by atoms with Gasteiger partial charge in [-0.2, -0.15) is 0 Å². The molecule has 1 aromatic heterocycles. The average molecular weight is 469 g/mol. The normalized spacial score (nSPS) is 20.0. The number of Topliss-reactive ketones (excluding diaryl/α,β-unsaturated/α-hetero) is 1. The number of amides is 2. The Morgan fingerprint density at radius 1 is 1.24 bits per heavy atom. The first-order valence-corrected chi connectivity index (χ1v) is 11.4. The molecule has 1 aliphatic heterocycles. The number of hydrogen-bond acceptors (Lipinski definition) is 8. The van der Waals surface area contributed by atoms with Gasteiger partial charge in [-0.1, -0.05) is 36.6 Å². The van der Waals surface area contributed by atoms with Crippen LogP contribution in [0.5, 0.6) is 0 Å². The molecule has 0 spiro atoms. The Balaban J connectivity index is 1.45. The lowest BCUT2D eigenvalue weighted by atomic mass is 9.80. The van der Waals surface area contributed by atoms with Crippen molar-refractivity contribution in [3.63, 3.8) is 0 Å². The first kappa shape index (κ1) is 23.4. The summed E-state index contributed by atoms with van der Waals surface area (Å²) in [6.45, 7) is 2.00. The molecule has 2 aliphatic rings. The van der Waals surface area contributed by atoms with Crippen LogP contribution in [0.4, 0.5) is 11.4 Å². The summed E-state index contributed by atoms with van der Waals surface area (Å²) < 4.78 is 4.97. The molecular weight excluding hydrogens is 442 g/mol. The van der Waals surface area contributed by atoms with Crippen LogP contribution < -0.4 is 15.5 Å². The summed E-state index contributed by atoms with van der Waals surface area (Å²) in [6, 6.07) is 7.06. The number of ketones is 1. The third kappa shape index (κ3) is 4.78. The van der Waals surface area contributed by atoms with E-state index in [0.29, 0.717) is 37.3 Å². The molecule has 2 aromatic rings. The number of para-hydroxylation sites is 2. The first-order valence-electron chi connectivity index (χ1n) is 11.4. The third-order valence-electron chi connectivity index (χ3n) is 6.50. The molecule has 1 saturated carbocycles. The van der Waals surface area contributed by atoms with Gasteiger partial charge in [-0.05, 0) is 32.3 Å². The molecule has 4 rings (SSSR count). The van der Waals surface area contributed by atoms with Gasteiger partial charge in [-0.3, -0.25) is 24.5 Å². The second-order valence-corrected chi connectivity index (χ2v) is 8.87. The van der Waals surface area contributed by atoms with Crippen LogP contribution in [0.3, 0.4) is 0 Å². The van der Waals surface area contributed by atoms with Crippen molar-refractivity contribution in [2.45, 2.75) is 57.0 Å². The van der Waals surface area contributed by atoms with E-state index in [-0.39, 0.29) is 23.7 Å². The van der Waals surface area contributed by atoms with Crippen molar-refractivity contribution < 1.29 is 23.8 Å². The number of aryl methyl sites for hydroxylation is 1. The molecule has 1 unspecified atom stereocenters. The van der Waals surface area contributed by atoms with E-state index in [9.17, 15) is 24.5 Å². The fourth-order valence-corrected chi connectivity index (χ4v) is 4.68. The van der Waals surface area contributed by atoms with Crippen LogP contribution in [-0.2, 0) is 9.59 Å². The van der Waals surface area contributed by atoms with Gasteiger partial charge >= 0.3 is 0 Å². The number of nitro benzene ring substituents is 1. The van der Waals surface area contributed by atoms with Gasteiger partial charge in [0.05, 0.1) is 17.5 Å². The molecule has 1 atom stereocenters. The zero-order valence-electron chi connectivity index (χ0n) is 18.9. The van der Waals surface area contributed by atoms with Gasteiger partial charge in [-0.25, -0.2) is 0 Å². The molecule has 0 bridgehead atoms. The zero-order chi connectivity index (χ0) is 24.3. The Hall–Kier alpha value is -3.76. The molecule has 1 aliphatic carbocycles. The van der Waals surface area contributed by atoms with Crippen molar-refractivity contribution in [3.8, 4) is 0 Å². The topological polar surface area (TPSA) is 148 Å². The van der Waals surface area contributed by atoms with Crippen molar-refractivity contribution in [2.24, 2.45) is 0 Å². The highest BCUT2D eigenvalue weighted by Gasteiger charge is 2.43. The maximum absolute atomic E-state index is 13.4. The summed E-state index contributed by atoms with van der Waals surface area (Å²) in [4.78, 5) is 51.5. The highest BCUT2D eigenvalue weighted by Crippen LogP contribution is 2.31. The van der Waals surface area contributed by atoms with Gasteiger partial charge in [0, 0.05) is 18.7 Å². The van der Waals surface area contributed by atoms with Crippen LogP contribution in [0.1, 0.15) is 54.8 Å². The van der Waals surface area contributed by atoms with Crippen LogP contribution >= 0.6 is 0 Å². The molecule has 1 saturated heterocycles. The molecule has 11 heteroatoms. The molecule has 180 valence electrons. The Morgan fingerprint density at radius 3 is 2.62 bits per heavy atom.